The molecule has 1 aliphatic heterocycles. The predicted octanol–water partition coefficient (Wildman–Crippen LogP) is 4.16. The first-order valence-corrected chi connectivity index (χ1v) is 10.6. The zero-order valence-electron chi connectivity index (χ0n) is 17.9. The molecule has 172 valence electrons. The number of carbonyl (C=O) groups is 1. The number of hydrogen-bond donors (Lipinski definition) is 2. The van der Waals surface area contributed by atoms with Crippen molar-refractivity contribution in [2.24, 2.45) is 0 Å². The maximum Gasteiger partial charge on any atom is 0.417 e. The van der Waals surface area contributed by atoms with E-state index in [2.05, 4.69) is 15.3 Å². The van der Waals surface area contributed by atoms with E-state index < -0.39 is 23.2 Å². The van der Waals surface area contributed by atoms with Gasteiger partial charge >= 0.3 is 6.18 Å². The summed E-state index contributed by atoms with van der Waals surface area (Å²) >= 11 is 0. The van der Waals surface area contributed by atoms with Crippen LogP contribution >= 0.6 is 0 Å². The molecule has 3 aromatic rings. The standard InChI is InChI=1S/C24H23F3N4O2/c1-15-3-2-4-16(13-15)20-7-6-19(23(33)30-20)22(32)29-18-9-11-31(12-10-18)21-8-5-17(14-28-21)24(25,26)27/h2-8,13-14,18H,9-12H2,1H3,(H,29,32)(H,30,33). The Morgan fingerprint density at radius 2 is 1.88 bits per heavy atom. The smallest absolute Gasteiger partial charge is 0.356 e. The van der Waals surface area contributed by atoms with Gasteiger partial charge in [-0.3, -0.25) is 9.59 Å². The maximum absolute atomic E-state index is 12.7. The molecule has 1 aromatic carbocycles. The third-order valence-electron chi connectivity index (χ3n) is 5.71. The Hall–Kier alpha value is -3.62. The van der Waals surface area contributed by atoms with E-state index in [-0.39, 0.29) is 11.6 Å². The van der Waals surface area contributed by atoms with Crippen molar-refractivity contribution in [1.82, 2.24) is 15.3 Å². The molecule has 1 amide bonds. The number of piperidine rings is 1. The highest BCUT2D eigenvalue weighted by Gasteiger charge is 2.31. The van der Waals surface area contributed by atoms with Gasteiger partial charge in [-0.05, 0) is 55.7 Å². The molecule has 0 atom stereocenters. The minimum absolute atomic E-state index is 0.0400. The molecule has 1 fully saturated rings. The van der Waals surface area contributed by atoms with Gasteiger partial charge in [0.05, 0.1) is 5.56 Å². The number of rotatable bonds is 4. The summed E-state index contributed by atoms with van der Waals surface area (Å²) in [5.41, 5.74) is 1.36. The topological polar surface area (TPSA) is 78.1 Å². The molecule has 0 spiro atoms. The number of benzene rings is 1. The van der Waals surface area contributed by atoms with Crippen molar-refractivity contribution in [2.45, 2.75) is 32.0 Å². The molecule has 1 aliphatic rings. The summed E-state index contributed by atoms with van der Waals surface area (Å²) in [4.78, 5) is 33.7. The Kier molecular flexibility index (Phi) is 6.22. The molecule has 33 heavy (non-hydrogen) atoms. The van der Waals surface area contributed by atoms with Crippen LogP contribution in [0.1, 0.15) is 34.3 Å². The number of nitrogens with zero attached hydrogens (tertiary/aromatic N) is 2. The third kappa shape index (κ3) is 5.24. The Balaban J connectivity index is 1.36. The molecule has 0 bridgehead atoms. The summed E-state index contributed by atoms with van der Waals surface area (Å²) in [7, 11) is 0. The van der Waals surface area contributed by atoms with Gasteiger partial charge in [0.2, 0.25) is 0 Å². The van der Waals surface area contributed by atoms with Crippen LogP contribution in [0, 0.1) is 6.92 Å². The molecule has 3 heterocycles. The van der Waals surface area contributed by atoms with Gasteiger partial charge in [-0.2, -0.15) is 13.2 Å². The van der Waals surface area contributed by atoms with Crippen molar-refractivity contribution in [3.8, 4) is 11.3 Å². The first kappa shape index (κ1) is 22.6. The number of alkyl halides is 3. The lowest BCUT2D eigenvalue weighted by molar-refractivity contribution is -0.137. The molecule has 2 aromatic heterocycles. The number of carbonyl (C=O) groups excluding carboxylic acids is 1. The van der Waals surface area contributed by atoms with E-state index in [0.29, 0.717) is 37.4 Å². The van der Waals surface area contributed by atoms with E-state index in [1.54, 1.807) is 6.07 Å². The fourth-order valence-corrected chi connectivity index (χ4v) is 3.89. The molecule has 9 heteroatoms. The van der Waals surface area contributed by atoms with E-state index in [9.17, 15) is 22.8 Å². The van der Waals surface area contributed by atoms with Crippen LogP contribution in [0.2, 0.25) is 0 Å². The Labute approximate surface area is 188 Å². The van der Waals surface area contributed by atoms with E-state index in [1.807, 2.05) is 36.1 Å². The lowest BCUT2D eigenvalue weighted by Crippen LogP contribution is -2.45. The number of anilines is 1. The molecule has 2 N–H and O–H groups in total. The van der Waals surface area contributed by atoms with Gasteiger partial charge in [0.1, 0.15) is 11.4 Å². The summed E-state index contributed by atoms with van der Waals surface area (Å²) < 4.78 is 38.1. The fourth-order valence-electron chi connectivity index (χ4n) is 3.89. The SMILES string of the molecule is Cc1cccc(-c2ccc(C(=O)NC3CCN(c4ccc(C(F)(F)F)cn4)CC3)c(=O)[nH]2)c1. The number of aryl methyl sites for hydroxylation is 1. The van der Waals surface area contributed by atoms with Crippen LogP contribution < -0.4 is 15.8 Å². The van der Waals surface area contributed by atoms with Crippen molar-refractivity contribution in [1.29, 1.82) is 0 Å². The Morgan fingerprint density at radius 3 is 2.48 bits per heavy atom. The molecule has 0 unspecified atom stereocenters. The molecule has 6 nitrogen and oxygen atoms in total. The van der Waals surface area contributed by atoms with E-state index in [0.717, 1.165) is 23.4 Å². The average Bonchev–Trinajstić information content (AvgIpc) is 2.79. The van der Waals surface area contributed by atoms with E-state index >= 15 is 0 Å². The highest BCUT2D eigenvalue weighted by molar-refractivity contribution is 5.94. The number of hydrogen-bond acceptors (Lipinski definition) is 4. The monoisotopic (exact) mass is 456 g/mol. The first-order chi connectivity index (χ1) is 15.7. The second-order valence-electron chi connectivity index (χ2n) is 8.12. The number of pyridine rings is 2. The normalized spacial score (nSPS) is 14.8. The van der Waals surface area contributed by atoms with Crippen molar-refractivity contribution < 1.29 is 18.0 Å². The maximum atomic E-state index is 12.7. The van der Waals surface area contributed by atoms with Crippen LogP contribution in [0.4, 0.5) is 19.0 Å². The summed E-state index contributed by atoms with van der Waals surface area (Å²) in [5.74, 6) is 0.0223. The number of H-pyrrole nitrogens is 1. The molecular formula is C24H23F3N4O2. The van der Waals surface area contributed by atoms with Crippen molar-refractivity contribution in [2.75, 3.05) is 18.0 Å². The zero-order valence-corrected chi connectivity index (χ0v) is 17.9. The van der Waals surface area contributed by atoms with E-state index in [4.69, 9.17) is 0 Å². The quantitative estimate of drug-likeness (QED) is 0.618. The molecular weight excluding hydrogens is 433 g/mol. The Morgan fingerprint density at radius 1 is 1.12 bits per heavy atom. The first-order valence-electron chi connectivity index (χ1n) is 10.6. The van der Waals surface area contributed by atoms with Crippen molar-refractivity contribution in [3.63, 3.8) is 0 Å². The summed E-state index contributed by atoms with van der Waals surface area (Å²) in [6, 6.07) is 13.2. The minimum Gasteiger partial charge on any atom is -0.356 e. The van der Waals surface area contributed by atoms with Crippen LogP contribution in [0.25, 0.3) is 11.3 Å². The second kappa shape index (κ2) is 9.09. The minimum atomic E-state index is -4.42. The molecule has 0 aliphatic carbocycles. The third-order valence-corrected chi connectivity index (χ3v) is 5.71. The van der Waals surface area contributed by atoms with Gasteiger partial charge in [0.25, 0.3) is 11.5 Å². The van der Waals surface area contributed by atoms with Crippen LogP contribution in [0.5, 0.6) is 0 Å². The summed E-state index contributed by atoms with van der Waals surface area (Å²) in [6.07, 6.45) is -2.41. The molecule has 0 radical (unpaired) electrons. The number of aromatic nitrogens is 2. The van der Waals surface area contributed by atoms with Crippen LogP contribution in [0.3, 0.4) is 0 Å². The number of nitrogens with one attached hydrogen (secondary N) is 2. The van der Waals surface area contributed by atoms with Gasteiger partial charge in [-0.25, -0.2) is 4.98 Å². The fraction of sp³-hybridized carbons (Fsp3) is 0.292. The highest BCUT2D eigenvalue weighted by atomic mass is 19.4. The Bertz CT molecular complexity index is 1200. The molecule has 4 rings (SSSR count). The van der Waals surface area contributed by atoms with Gasteiger partial charge in [0.15, 0.2) is 0 Å². The van der Waals surface area contributed by atoms with E-state index in [1.165, 1.54) is 12.1 Å². The van der Waals surface area contributed by atoms with Crippen LogP contribution in [-0.2, 0) is 6.18 Å². The number of aromatic amines is 1. The van der Waals surface area contributed by atoms with Gasteiger partial charge < -0.3 is 15.2 Å². The lowest BCUT2D eigenvalue weighted by atomic mass is 10.0. The number of amides is 1. The van der Waals surface area contributed by atoms with Crippen LogP contribution in [0.15, 0.2) is 59.5 Å². The second-order valence-corrected chi connectivity index (χ2v) is 8.12. The van der Waals surface area contributed by atoms with Crippen molar-refractivity contribution in [3.05, 3.63) is 81.8 Å². The predicted molar refractivity (Wildman–Crippen MR) is 119 cm³/mol. The summed E-state index contributed by atoms with van der Waals surface area (Å²) in [5, 5.41) is 2.89. The largest absolute Gasteiger partial charge is 0.417 e. The lowest BCUT2D eigenvalue weighted by Gasteiger charge is -2.33. The number of halogens is 3. The molecule has 0 saturated carbocycles. The molecule has 1 saturated heterocycles. The highest BCUT2D eigenvalue weighted by Crippen LogP contribution is 2.29. The zero-order chi connectivity index (χ0) is 23.6. The van der Waals surface area contributed by atoms with Crippen LogP contribution in [-0.4, -0.2) is 35.0 Å². The van der Waals surface area contributed by atoms with Crippen molar-refractivity contribution >= 4 is 11.7 Å². The summed E-state index contributed by atoms with van der Waals surface area (Å²) in [6.45, 7) is 3.03. The van der Waals surface area contributed by atoms with Gasteiger partial charge in [0, 0.05) is 31.0 Å². The average molecular weight is 456 g/mol. The van der Waals surface area contributed by atoms with Gasteiger partial charge in [-0.15, -0.1) is 0 Å². The van der Waals surface area contributed by atoms with Gasteiger partial charge in [-0.1, -0.05) is 23.8 Å².